The van der Waals surface area contributed by atoms with Crippen molar-refractivity contribution in [3.63, 3.8) is 0 Å². The maximum Gasteiger partial charge on any atom is 0.251 e. The summed E-state index contributed by atoms with van der Waals surface area (Å²) in [5, 5.41) is 3.95. The molecule has 1 aliphatic rings. The van der Waals surface area contributed by atoms with Crippen molar-refractivity contribution in [3.8, 4) is 0 Å². The van der Waals surface area contributed by atoms with Gasteiger partial charge in [-0.2, -0.15) is 0 Å². The summed E-state index contributed by atoms with van der Waals surface area (Å²) in [5.74, 6) is -0.0672. The fraction of sp³-hybridized carbons (Fsp3) is 0.263. The highest BCUT2D eigenvalue weighted by Crippen LogP contribution is 2.29. The van der Waals surface area contributed by atoms with Gasteiger partial charge in [0, 0.05) is 40.8 Å². The molecule has 0 fully saturated rings. The fourth-order valence-corrected chi connectivity index (χ4v) is 3.41. The molecule has 1 aliphatic heterocycles. The second-order valence-corrected chi connectivity index (χ2v) is 6.75. The number of anilines is 1. The van der Waals surface area contributed by atoms with Crippen molar-refractivity contribution in [1.29, 1.82) is 0 Å². The molecule has 1 heterocycles. The smallest absolute Gasteiger partial charge is 0.251 e. The van der Waals surface area contributed by atoms with E-state index in [1.165, 1.54) is 0 Å². The molecule has 0 radical (unpaired) electrons. The Kier molecular flexibility index (Phi) is 5.30. The topological polar surface area (TPSA) is 49.4 Å². The Morgan fingerprint density at radius 2 is 1.96 bits per heavy atom. The predicted molar refractivity (Wildman–Crippen MR) is 100 cm³/mol. The van der Waals surface area contributed by atoms with Gasteiger partial charge in [-0.1, -0.05) is 36.2 Å². The van der Waals surface area contributed by atoms with Gasteiger partial charge >= 0.3 is 0 Å². The number of benzene rings is 2. The largest absolute Gasteiger partial charge is 0.348 e. The summed E-state index contributed by atoms with van der Waals surface area (Å²) < 4.78 is 0. The molecule has 130 valence electrons. The fourth-order valence-electron chi connectivity index (χ4n) is 2.94. The van der Waals surface area contributed by atoms with Crippen LogP contribution in [0.1, 0.15) is 34.8 Å². The van der Waals surface area contributed by atoms with Gasteiger partial charge in [0.05, 0.1) is 0 Å². The highest BCUT2D eigenvalue weighted by molar-refractivity contribution is 6.35. The van der Waals surface area contributed by atoms with Gasteiger partial charge in [-0.15, -0.1) is 0 Å². The number of amides is 2. The molecule has 0 aliphatic carbocycles. The first-order chi connectivity index (χ1) is 12.0. The standard InChI is InChI=1S/C19H18Cl2N2O2/c1-2-18(24)23-8-7-12-9-13(4-6-17(12)23)19(25)22-11-14-3-5-15(20)10-16(14)21/h3-6,9-10H,2,7-8,11H2,1H3,(H,22,25). The summed E-state index contributed by atoms with van der Waals surface area (Å²) >= 11 is 12.0. The summed E-state index contributed by atoms with van der Waals surface area (Å²) in [4.78, 5) is 26.1. The highest BCUT2D eigenvalue weighted by atomic mass is 35.5. The molecule has 0 aromatic heterocycles. The van der Waals surface area contributed by atoms with Crippen molar-refractivity contribution in [2.75, 3.05) is 11.4 Å². The van der Waals surface area contributed by atoms with Crippen LogP contribution in [-0.4, -0.2) is 18.4 Å². The molecule has 0 bridgehead atoms. The molecule has 2 amide bonds. The lowest BCUT2D eigenvalue weighted by Crippen LogP contribution is -2.27. The average molecular weight is 377 g/mol. The van der Waals surface area contributed by atoms with Crippen LogP contribution < -0.4 is 10.2 Å². The monoisotopic (exact) mass is 376 g/mol. The van der Waals surface area contributed by atoms with E-state index in [0.717, 1.165) is 23.2 Å². The number of fused-ring (bicyclic) bond motifs is 1. The van der Waals surface area contributed by atoms with E-state index in [9.17, 15) is 9.59 Å². The third kappa shape index (κ3) is 3.80. The number of hydrogen-bond acceptors (Lipinski definition) is 2. The molecule has 0 saturated heterocycles. The molecule has 0 atom stereocenters. The second kappa shape index (κ2) is 7.46. The summed E-state index contributed by atoms with van der Waals surface area (Å²) in [6.45, 7) is 2.85. The van der Waals surface area contributed by atoms with Gasteiger partial charge in [0.15, 0.2) is 0 Å². The summed E-state index contributed by atoms with van der Waals surface area (Å²) in [7, 11) is 0. The average Bonchev–Trinajstić information content (AvgIpc) is 3.03. The van der Waals surface area contributed by atoms with E-state index in [1.54, 1.807) is 29.2 Å². The van der Waals surface area contributed by atoms with Gasteiger partial charge in [0.25, 0.3) is 5.91 Å². The summed E-state index contributed by atoms with van der Waals surface area (Å²) in [5.41, 5.74) is 3.32. The van der Waals surface area contributed by atoms with Crippen molar-refractivity contribution >= 4 is 40.7 Å². The molecule has 0 spiro atoms. The zero-order valence-corrected chi connectivity index (χ0v) is 15.3. The molecule has 3 rings (SSSR count). The van der Waals surface area contributed by atoms with E-state index in [4.69, 9.17) is 23.2 Å². The van der Waals surface area contributed by atoms with Crippen molar-refractivity contribution in [2.24, 2.45) is 0 Å². The van der Waals surface area contributed by atoms with Gasteiger partial charge in [-0.3, -0.25) is 9.59 Å². The maximum atomic E-state index is 12.4. The zero-order valence-electron chi connectivity index (χ0n) is 13.8. The lowest BCUT2D eigenvalue weighted by Gasteiger charge is -2.16. The second-order valence-electron chi connectivity index (χ2n) is 5.91. The first-order valence-electron chi connectivity index (χ1n) is 8.15. The molecule has 2 aromatic rings. The minimum atomic E-state index is -0.172. The minimum absolute atomic E-state index is 0.105. The Balaban J connectivity index is 1.70. The molecule has 0 unspecified atom stereocenters. The lowest BCUT2D eigenvalue weighted by atomic mass is 10.1. The van der Waals surface area contributed by atoms with Gasteiger partial charge in [0.1, 0.15) is 0 Å². The van der Waals surface area contributed by atoms with Gasteiger partial charge in [-0.05, 0) is 47.9 Å². The Hall–Kier alpha value is -2.04. The van der Waals surface area contributed by atoms with E-state index >= 15 is 0 Å². The number of halogens is 2. The normalized spacial score (nSPS) is 12.8. The minimum Gasteiger partial charge on any atom is -0.348 e. The SMILES string of the molecule is CCC(=O)N1CCc2cc(C(=O)NCc3ccc(Cl)cc3Cl)ccc21. The van der Waals surface area contributed by atoms with Crippen molar-refractivity contribution in [1.82, 2.24) is 5.32 Å². The van der Waals surface area contributed by atoms with Crippen molar-refractivity contribution in [3.05, 3.63) is 63.1 Å². The van der Waals surface area contributed by atoms with Crippen molar-refractivity contribution in [2.45, 2.75) is 26.3 Å². The van der Waals surface area contributed by atoms with Gasteiger partial charge < -0.3 is 10.2 Å². The predicted octanol–water partition coefficient (Wildman–Crippen LogP) is 4.22. The number of hydrogen-bond donors (Lipinski definition) is 1. The molecular weight excluding hydrogens is 359 g/mol. The van der Waals surface area contributed by atoms with Crippen LogP contribution in [0.2, 0.25) is 10.0 Å². The van der Waals surface area contributed by atoms with Crippen LogP contribution in [0, 0.1) is 0 Å². The first-order valence-corrected chi connectivity index (χ1v) is 8.90. The lowest BCUT2D eigenvalue weighted by molar-refractivity contribution is -0.118. The van der Waals surface area contributed by atoms with Crippen LogP contribution in [-0.2, 0) is 17.8 Å². The number of carbonyl (C=O) groups excluding carboxylic acids is 2. The number of nitrogens with zero attached hydrogens (tertiary/aromatic N) is 1. The summed E-state index contributed by atoms with van der Waals surface area (Å²) in [6, 6.07) is 10.6. The van der Waals surface area contributed by atoms with E-state index < -0.39 is 0 Å². The van der Waals surface area contributed by atoms with E-state index in [1.807, 2.05) is 19.1 Å². The van der Waals surface area contributed by atoms with Gasteiger partial charge in [-0.25, -0.2) is 0 Å². The van der Waals surface area contributed by atoms with Crippen LogP contribution in [0.4, 0.5) is 5.69 Å². The Morgan fingerprint density at radius 3 is 2.68 bits per heavy atom. The van der Waals surface area contributed by atoms with Crippen LogP contribution in [0.15, 0.2) is 36.4 Å². The molecular formula is C19H18Cl2N2O2. The first kappa shape index (κ1) is 17.8. The van der Waals surface area contributed by atoms with Gasteiger partial charge in [0.2, 0.25) is 5.91 Å². The maximum absolute atomic E-state index is 12.4. The molecule has 0 saturated carbocycles. The Bertz CT molecular complexity index is 836. The zero-order chi connectivity index (χ0) is 18.0. The third-order valence-electron chi connectivity index (χ3n) is 4.30. The van der Waals surface area contributed by atoms with E-state index in [2.05, 4.69) is 5.32 Å². The number of carbonyl (C=O) groups is 2. The highest BCUT2D eigenvalue weighted by Gasteiger charge is 2.24. The number of rotatable bonds is 4. The summed E-state index contributed by atoms with van der Waals surface area (Å²) in [6.07, 6.45) is 1.24. The van der Waals surface area contributed by atoms with E-state index in [0.29, 0.717) is 35.1 Å². The van der Waals surface area contributed by atoms with Crippen LogP contribution in [0.25, 0.3) is 0 Å². The van der Waals surface area contributed by atoms with Crippen LogP contribution in [0.3, 0.4) is 0 Å². The van der Waals surface area contributed by atoms with E-state index in [-0.39, 0.29) is 11.8 Å². The molecule has 1 N–H and O–H groups in total. The molecule has 6 heteroatoms. The third-order valence-corrected chi connectivity index (χ3v) is 4.88. The Morgan fingerprint density at radius 1 is 1.16 bits per heavy atom. The molecule has 25 heavy (non-hydrogen) atoms. The van der Waals surface area contributed by atoms with Crippen LogP contribution >= 0.6 is 23.2 Å². The Labute approximate surface area is 156 Å². The quantitative estimate of drug-likeness (QED) is 0.867. The number of nitrogens with one attached hydrogen (secondary N) is 1. The van der Waals surface area contributed by atoms with Crippen LogP contribution in [0.5, 0.6) is 0 Å². The molecule has 4 nitrogen and oxygen atoms in total. The van der Waals surface area contributed by atoms with Crippen molar-refractivity contribution < 1.29 is 9.59 Å². The molecule has 2 aromatic carbocycles.